The number of aromatic nitrogens is 2. The Labute approximate surface area is 100 Å². The predicted molar refractivity (Wildman–Crippen MR) is 62.3 cm³/mol. The van der Waals surface area contributed by atoms with Crippen LogP contribution in [0.5, 0.6) is 0 Å². The van der Waals surface area contributed by atoms with Crippen molar-refractivity contribution in [3.05, 3.63) is 33.8 Å². The molecule has 0 fully saturated rings. The van der Waals surface area contributed by atoms with Crippen molar-refractivity contribution in [1.82, 2.24) is 9.38 Å². The number of Topliss-reactive ketones (excluding diaryl/α,β-unsaturated/α-hetero) is 1. The van der Waals surface area contributed by atoms with Gasteiger partial charge in [0.05, 0.1) is 11.9 Å². The Hall–Kier alpha value is -0.870. The van der Waals surface area contributed by atoms with Gasteiger partial charge in [0.25, 0.3) is 0 Å². The second-order valence-electron chi connectivity index (χ2n) is 3.30. The summed E-state index contributed by atoms with van der Waals surface area (Å²) in [5.41, 5.74) is 0.808. The normalized spacial score (nSPS) is 10.9. The van der Waals surface area contributed by atoms with Crippen LogP contribution in [0.1, 0.15) is 12.7 Å². The maximum atomic E-state index is 11.0. The van der Waals surface area contributed by atoms with Crippen LogP contribution in [0.15, 0.2) is 22.8 Å². The number of carbonyl (C=O) groups excluding carboxylic acids is 1. The lowest BCUT2D eigenvalue weighted by molar-refractivity contribution is -0.116. The fourth-order valence-corrected chi connectivity index (χ4v) is 2.01. The molecule has 15 heavy (non-hydrogen) atoms. The van der Waals surface area contributed by atoms with Gasteiger partial charge in [-0.15, -0.1) is 0 Å². The summed E-state index contributed by atoms with van der Waals surface area (Å²) >= 11 is 9.33. The Morgan fingerprint density at radius 1 is 1.67 bits per heavy atom. The minimum atomic E-state index is 0.0708. The molecule has 3 nitrogen and oxygen atoms in total. The zero-order valence-corrected chi connectivity index (χ0v) is 10.3. The molecule has 78 valence electrons. The number of carbonyl (C=O) groups is 1. The number of hydrogen-bond donors (Lipinski definition) is 0. The van der Waals surface area contributed by atoms with E-state index in [4.69, 9.17) is 11.6 Å². The summed E-state index contributed by atoms with van der Waals surface area (Å²) in [7, 11) is 0. The Bertz CT molecular complexity index is 535. The van der Waals surface area contributed by atoms with Crippen molar-refractivity contribution in [1.29, 1.82) is 0 Å². The maximum Gasteiger partial charge on any atom is 0.155 e. The fraction of sp³-hybridized carbons (Fsp3) is 0.200. The van der Waals surface area contributed by atoms with E-state index in [1.807, 2.05) is 22.7 Å². The molecule has 2 rings (SSSR count). The third-order valence-electron chi connectivity index (χ3n) is 2.04. The molecule has 2 heterocycles. The molecule has 0 saturated heterocycles. The largest absolute Gasteiger partial charge is 0.302 e. The number of fused-ring (bicyclic) bond motifs is 1. The summed E-state index contributed by atoms with van der Waals surface area (Å²) < 4.78 is 2.76. The van der Waals surface area contributed by atoms with E-state index in [1.54, 1.807) is 0 Å². The van der Waals surface area contributed by atoms with Gasteiger partial charge in [0.1, 0.15) is 11.6 Å². The average molecular weight is 288 g/mol. The number of pyridine rings is 1. The summed E-state index contributed by atoms with van der Waals surface area (Å²) in [6.45, 7) is 1.54. The van der Waals surface area contributed by atoms with Crippen molar-refractivity contribution < 1.29 is 4.79 Å². The zero-order chi connectivity index (χ0) is 11.0. The Balaban J connectivity index is 2.62. The molecule has 2 aromatic heterocycles. The first kappa shape index (κ1) is 10.6. The molecular formula is C10H8BrClN2O. The van der Waals surface area contributed by atoms with E-state index < -0.39 is 0 Å². The molecule has 5 heteroatoms. The van der Waals surface area contributed by atoms with Crippen LogP contribution in [0.2, 0.25) is 5.15 Å². The molecule has 0 aliphatic rings. The second kappa shape index (κ2) is 3.94. The van der Waals surface area contributed by atoms with Gasteiger partial charge in [-0.25, -0.2) is 4.98 Å². The lowest BCUT2D eigenvalue weighted by Gasteiger charge is -1.98. The maximum absolute atomic E-state index is 11.0. The molecule has 2 aromatic rings. The minimum absolute atomic E-state index is 0.0708. The topological polar surface area (TPSA) is 34.4 Å². The molecule has 0 amide bonds. The van der Waals surface area contributed by atoms with Crippen molar-refractivity contribution in [3.8, 4) is 0 Å². The van der Waals surface area contributed by atoms with E-state index in [1.165, 1.54) is 6.92 Å². The van der Waals surface area contributed by atoms with E-state index in [0.29, 0.717) is 17.4 Å². The van der Waals surface area contributed by atoms with Gasteiger partial charge in [-0.3, -0.25) is 4.79 Å². The third-order valence-corrected chi connectivity index (χ3v) is 2.81. The van der Waals surface area contributed by atoms with Crippen molar-refractivity contribution in [2.75, 3.05) is 0 Å². The van der Waals surface area contributed by atoms with Gasteiger partial charge in [-0.1, -0.05) is 27.5 Å². The Kier molecular flexibility index (Phi) is 2.80. The molecule has 0 N–H and O–H groups in total. The smallest absolute Gasteiger partial charge is 0.155 e. The molecular weight excluding hydrogens is 279 g/mol. The molecule has 0 atom stereocenters. The number of hydrogen-bond acceptors (Lipinski definition) is 2. The van der Waals surface area contributed by atoms with Gasteiger partial charge in [0.2, 0.25) is 0 Å². The monoisotopic (exact) mass is 286 g/mol. The number of imidazole rings is 1. The minimum Gasteiger partial charge on any atom is -0.302 e. The van der Waals surface area contributed by atoms with Crippen LogP contribution in [0.25, 0.3) is 5.52 Å². The second-order valence-corrected chi connectivity index (χ2v) is 4.57. The van der Waals surface area contributed by atoms with E-state index in [-0.39, 0.29) is 5.78 Å². The van der Waals surface area contributed by atoms with Gasteiger partial charge in [-0.2, -0.15) is 0 Å². The summed E-state index contributed by atoms with van der Waals surface area (Å²) in [6.07, 6.45) is 2.14. The highest BCUT2D eigenvalue weighted by Crippen LogP contribution is 2.22. The van der Waals surface area contributed by atoms with Crippen LogP contribution >= 0.6 is 27.5 Å². The first-order valence-electron chi connectivity index (χ1n) is 4.39. The molecule has 0 aromatic carbocycles. The number of rotatable bonds is 2. The highest BCUT2D eigenvalue weighted by atomic mass is 79.9. The Morgan fingerprint density at radius 3 is 3.07 bits per heavy atom. The number of ketones is 1. The SMILES string of the molecule is CC(=O)Cc1nc(Cl)c2cc(Br)ccn12. The van der Waals surface area contributed by atoms with E-state index in [0.717, 1.165) is 9.99 Å². The van der Waals surface area contributed by atoms with Crippen molar-refractivity contribution >= 4 is 38.8 Å². The van der Waals surface area contributed by atoms with E-state index in [9.17, 15) is 4.79 Å². The van der Waals surface area contributed by atoms with Crippen molar-refractivity contribution in [3.63, 3.8) is 0 Å². The average Bonchev–Trinajstić information content (AvgIpc) is 2.42. The van der Waals surface area contributed by atoms with Gasteiger partial charge < -0.3 is 4.40 Å². The lowest BCUT2D eigenvalue weighted by atomic mass is 10.3. The molecule has 0 unspecified atom stereocenters. The molecule has 0 saturated carbocycles. The van der Waals surface area contributed by atoms with Gasteiger partial charge in [-0.05, 0) is 19.1 Å². The number of halogens is 2. The fourth-order valence-electron chi connectivity index (χ4n) is 1.43. The number of nitrogens with zero attached hydrogens (tertiary/aromatic N) is 2. The van der Waals surface area contributed by atoms with Crippen LogP contribution in [0.3, 0.4) is 0 Å². The van der Waals surface area contributed by atoms with Gasteiger partial charge in [0, 0.05) is 10.7 Å². The standard InChI is InChI=1S/C10H8BrClN2O/c1-6(15)4-9-13-10(12)8-5-7(11)2-3-14(8)9/h2-3,5H,4H2,1H3. The first-order chi connectivity index (χ1) is 7.08. The van der Waals surface area contributed by atoms with Crippen molar-refractivity contribution in [2.24, 2.45) is 0 Å². The van der Waals surface area contributed by atoms with Gasteiger partial charge in [0.15, 0.2) is 5.15 Å². The van der Waals surface area contributed by atoms with Crippen LogP contribution < -0.4 is 0 Å². The first-order valence-corrected chi connectivity index (χ1v) is 5.56. The van der Waals surface area contributed by atoms with Crippen LogP contribution in [0, 0.1) is 0 Å². The molecule has 0 aliphatic heterocycles. The van der Waals surface area contributed by atoms with Crippen LogP contribution in [-0.2, 0) is 11.2 Å². The molecule has 0 spiro atoms. The van der Waals surface area contributed by atoms with E-state index >= 15 is 0 Å². The lowest BCUT2D eigenvalue weighted by Crippen LogP contribution is -2.01. The predicted octanol–water partition coefficient (Wildman–Crippen LogP) is 2.88. The van der Waals surface area contributed by atoms with Crippen molar-refractivity contribution in [2.45, 2.75) is 13.3 Å². The molecule has 0 aliphatic carbocycles. The zero-order valence-electron chi connectivity index (χ0n) is 8.00. The summed E-state index contributed by atoms with van der Waals surface area (Å²) in [6, 6.07) is 3.76. The molecule has 0 radical (unpaired) electrons. The van der Waals surface area contributed by atoms with Crippen LogP contribution in [0.4, 0.5) is 0 Å². The quantitative estimate of drug-likeness (QED) is 0.851. The third kappa shape index (κ3) is 2.06. The summed E-state index contributed by atoms with van der Waals surface area (Å²) in [5.74, 6) is 0.747. The molecule has 0 bridgehead atoms. The van der Waals surface area contributed by atoms with E-state index in [2.05, 4.69) is 20.9 Å². The summed E-state index contributed by atoms with van der Waals surface area (Å²) in [5, 5.41) is 0.424. The van der Waals surface area contributed by atoms with Crippen LogP contribution in [-0.4, -0.2) is 15.2 Å². The highest BCUT2D eigenvalue weighted by molar-refractivity contribution is 9.10. The van der Waals surface area contributed by atoms with Gasteiger partial charge >= 0.3 is 0 Å². The Morgan fingerprint density at radius 2 is 2.40 bits per heavy atom. The summed E-state index contributed by atoms with van der Waals surface area (Å²) in [4.78, 5) is 15.2. The highest BCUT2D eigenvalue weighted by Gasteiger charge is 2.10.